The van der Waals surface area contributed by atoms with Crippen LogP contribution in [0.25, 0.3) is 10.9 Å². The number of carbonyl (C=O) groups excluding carboxylic acids is 1. The third kappa shape index (κ3) is 3.22. The lowest BCUT2D eigenvalue weighted by molar-refractivity contribution is -0.0615. The van der Waals surface area contributed by atoms with Crippen molar-refractivity contribution < 1.29 is 9.53 Å². The number of pyridine rings is 1. The first kappa shape index (κ1) is 14.0. The van der Waals surface area contributed by atoms with Gasteiger partial charge in [-0.15, -0.1) is 0 Å². The molecule has 1 aliphatic rings. The summed E-state index contributed by atoms with van der Waals surface area (Å²) in [7, 11) is 0. The minimum atomic E-state index is -0.169. The number of nitrogens with one attached hydrogen (secondary N) is 1. The topological polar surface area (TPSA) is 51.2 Å². The highest BCUT2D eigenvalue weighted by molar-refractivity contribution is 5.97. The molecule has 1 saturated heterocycles. The molecule has 3 rings (SSSR count). The average molecular weight is 284 g/mol. The molecule has 1 aromatic carbocycles. The first-order valence-electron chi connectivity index (χ1n) is 7.33. The van der Waals surface area contributed by atoms with Crippen molar-refractivity contribution in [1.82, 2.24) is 10.3 Å². The third-order valence-corrected chi connectivity index (χ3v) is 3.88. The van der Waals surface area contributed by atoms with Crippen LogP contribution in [0.1, 0.15) is 37.0 Å². The van der Waals surface area contributed by atoms with Crippen LogP contribution in [0.4, 0.5) is 0 Å². The fourth-order valence-corrected chi connectivity index (χ4v) is 2.82. The van der Waals surface area contributed by atoms with Gasteiger partial charge in [-0.05, 0) is 38.8 Å². The first-order valence-corrected chi connectivity index (χ1v) is 7.33. The number of carbonyl (C=O) groups is 1. The van der Waals surface area contributed by atoms with Crippen molar-refractivity contribution in [3.8, 4) is 0 Å². The Bertz CT molecular complexity index is 667. The van der Waals surface area contributed by atoms with Crippen LogP contribution in [0.3, 0.4) is 0 Å². The zero-order valence-electron chi connectivity index (χ0n) is 12.4. The second-order valence-corrected chi connectivity index (χ2v) is 6.19. The molecule has 1 aromatic heterocycles. The Balaban J connectivity index is 1.74. The Morgan fingerprint density at radius 2 is 2.19 bits per heavy atom. The largest absolute Gasteiger partial charge is 0.375 e. The molecule has 0 aliphatic carbocycles. The minimum Gasteiger partial charge on any atom is -0.375 e. The molecule has 4 heteroatoms. The van der Waals surface area contributed by atoms with E-state index >= 15 is 0 Å². The van der Waals surface area contributed by atoms with E-state index in [1.54, 1.807) is 6.20 Å². The van der Waals surface area contributed by atoms with Crippen molar-refractivity contribution in [3.05, 3.63) is 42.1 Å². The van der Waals surface area contributed by atoms with Crippen LogP contribution in [0.2, 0.25) is 0 Å². The van der Waals surface area contributed by atoms with Gasteiger partial charge in [0.05, 0.1) is 16.7 Å². The normalized spacial score (nSPS) is 21.1. The van der Waals surface area contributed by atoms with Crippen LogP contribution in [-0.2, 0) is 4.74 Å². The number of para-hydroxylation sites is 1. The number of amides is 1. The molecular formula is C17H20N2O2. The summed E-state index contributed by atoms with van der Waals surface area (Å²) in [6.45, 7) is 4.81. The maximum atomic E-state index is 12.4. The lowest BCUT2D eigenvalue weighted by Crippen LogP contribution is -2.45. The van der Waals surface area contributed by atoms with Gasteiger partial charge in [-0.25, -0.2) is 0 Å². The Hall–Kier alpha value is -1.94. The molecule has 1 aliphatic heterocycles. The summed E-state index contributed by atoms with van der Waals surface area (Å²) in [6, 6.07) is 9.86. The Morgan fingerprint density at radius 3 is 3.00 bits per heavy atom. The summed E-state index contributed by atoms with van der Waals surface area (Å²) in [5, 5.41) is 4.08. The second kappa shape index (κ2) is 5.45. The van der Waals surface area contributed by atoms with Gasteiger partial charge in [0.15, 0.2) is 0 Å². The van der Waals surface area contributed by atoms with E-state index in [-0.39, 0.29) is 17.6 Å². The number of hydrogen-bond acceptors (Lipinski definition) is 3. The summed E-state index contributed by atoms with van der Waals surface area (Å²) in [6.07, 6.45) is 3.33. The van der Waals surface area contributed by atoms with E-state index in [0.717, 1.165) is 23.7 Å². The van der Waals surface area contributed by atoms with Crippen LogP contribution in [0, 0.1) is 0 Å². The van der Waals surface area contributed by atoms with E-state index in [1.165, 1.54) is 0 Å². The standard InChI is InChI=1S/C17H20N2O2/c1-17(2)10-14(7-8-21-17)19-16(20)13-9-12-5-3-4-6-15(12)18-11-13/h3-6,9,11,14H,7-8,10H2,1-2H3,(H,19,20). The lowest BCUT2D eigenvalue weighted by atomic mass is 9.94. The SMILES string of the molecule is CC1(C)CC(NC(=O)c2cnc3ccccc3c2)CCO1. The van der Waals surface area contributed by atoms with Crippen LogP contribution < -0.4 is 5.32 Å². The smallest absolute Gasteiger partial charge is 0.253 e. The van der Waals surface area contributed by atoms with Crippen LogP contribution in [0.15, 0.2) is 36.5 Å². The van der Waals surface area contributed by atoms with Gasteiger partial charge in [0.25, 0.3) is 5.91 Å². The van der Waals surface area contributed by atoms with Gasteiger partial charge in [-0.3, -0.25) is 9.78 Å². The fraction of sp³-hybridized carbons (Fsp3) is 0.412. The number of ether oxygens (including phenoxy) is 1. The summed E-state index contributed by atoms with van der Waals surface area (Å²) >= 11 is 0. The van der Waals surface area contributed by atoms with E-state index in [0.29, 0.717) is 12.2 Å². The summed E-state index contributed by atoms with van der Waals surface area (Å²) in [5.41, 5.74) is 1.34. The van der Waals surface area contributed by atoms with Gasteiger partial charge in [0.2, 0.25) is 0 Å². The van der Waals surface area contributed by atoms with Crippen molar-refractivity contribution in [3.63, 3.8) is 0 Å². The highest BCUT2D eigenvalue weighted by Gasteiger charge is 2.29. The molecule has 2 aromatic rings. The molecule has 0 radical (unpaired) electrons. The molecule has 110 valence electrons. The predicted octanol–water partition coefficient (Wildman–Crippen LogP) is 2.92. The third-order valence-electron chi connectivity index (χ3n) is 3.88. The highest BCUT2D eigenvalue weighted by atomic mass is 16.5. The van der Waals surface area contributed by atoms with Gasteiger partial charge >= 0.3 is 0 Å². The molecule has 0 saturated carbocycles. The quantitative estimate of drug-likeness (QED) is 0.922. The number of aromatic nitrogens is 1. The first-order chi connectivity index (χ1) is 10.0. The average Bonchev–Trinajstić information content (AvgIpc) is 2.45. The molecule has 1 amide bonds. The van der Waals surface area contributed by atoms with Gasteiger partial charge in [-0.1, -0.05) is 18.2 Å². The van der Waals surface area contributed by atoms with E-state index in [9.17, 15) is 4.79 Å². The Kier molecular flexibility index (Phi) is 3.64. The van der Waals surface area contributed by atoms with E-state index < -0.39 is 0 Å². The molecular weight excluding hydrogens is 264 g/mol. The van der Waals surface area contributed by atoms with Crippen molar-refractivity contribution in [1.29, 1.82) is 0 Å². The molecule has 1 unspecified atom stereocenters. The number of nitrogens with zero attached hydrogens (tertiary/aromatic N) is 1. The van der Waals surface area contributed by atoms with Crippen LogP contribution in [-0.4, -0.2) is 29.1 Å². The fourth-order valence-electron chi connectivity index (χ4n) is 2.82. The van der Waals surface area contributed by atoms with Crippen molar-refractivity contribution in [2.45, 2.75) is 38.3 Å². The second-order valence-electron chi connectivity index (χ2n) is 6.19. The zero-order valence-corrected chi connectivity index (χ0v) is 12.4. The van der Waals surface area contributed by atoms with Gasteiger partial charge in [0, 0.05) is 24.2 Å². The highest BCUT2D eigenvalue weighted by Crippen LogP contribution is 2.24. The molecule has 1 atom stereocenters. The number of fused-ring (bicyclic) bond motifs is 1. The molecule has 0 bridgehead atoms. The van der Waals surface area contributed by atoms with E-state index in [1.807, 2.05) is 30.3 Å². The van der Waals surface area contributed by atoms with Crippen molar-refractivity contribution in [2.75, 3.05) is 6.61 Å². The Labute approximate surface area is 124 Å². The Morgan fingerprint density at radius 1 is 1.38 bits per heavy atom. The van der Waals surface area contributed by atoms with Crippen molar-refractivity contribution in [2.24, 2.45) is 0 Å². The molecule has 1 N–H and O–H groups in total. The molecule has 21 heavy (non-hydrogen) atoms. The summed E-state index contributed by atoms with van der Waals surface area (Å²) in [5.74, 6) is -0.0593. The van der Waals surface area contributed by atoms with Crippen molar-refractivity contribution >= 4 is 16.8 Å². The number of hydrogen-bond donors (Lipinski definition) is 1. The van der Waals surface area contributed by atoms with Crippen LogP contribution in [0.5, 0.6) is 0 Å². The monoisotopic (exact) mass is 284 g/mol. The van der Waals surface area contributed by atoms with E-state index in [2.05, 4.69) is 24.1 Å². The summed E-state index contributed by atoms with van der Waals surface area (Å²) < 4.78 is 5.68. The zero-order chi connectivity index (χ0) is 14.9. The minimum absolute atomic E-state index is 0.0593. The number of benzene rings is 1. The maximum absolute atomic E-state index is 12.4. The molecule has 0 spiro atoms. The van der Waals surface area contributed by atoms with Crippen LogP contribution >= 0.6 is 0 Å². The van der Waals surface area contributed by atoms with Gasteiger partial charge < -0.3 is 10.1 Å². The maximum Gasteiger partial charge on any atom is 0.253 e. The summed E-state index contributed by atoms with van der Waals surface area (Å²) in [4.78, 5) is 16.7. The lowest BCUT2D eigenvalue weighted by Gasteiger charge is -2.35. The van der Waals surface area contributed by atoms with E-state index in [4.69, 9.17) is 4.74 Å². The molecule has 2 heterocycles. The molecule has 1 fully saturated rings. The number of rotatable bonds is 2. The van der Waals surface area contributed by atoms with Gasteiger partial charge in [0.1, 0.15) is 0 Å². The predicted molar refractivity (Wildman–Crippen MR) is 82.3 cm³/mol. The molecule has 4 nitrogen and oxygen atoms in total. The van der Waals surface area contributed by atoms with Gasteiger partial charge in [-0.2, -0.15) is 0 Å².